The first-order valence-electron chi connectivity index (χ1n) is 6.22. The highest BCUT2D eigenvalue weighted by Crippen LogP contribution is 2.30. The molecule has 0 unspecified atom stereocenters. The number of rotatable bonds is 3. The lowest BCUT2D eigenvalue weighted by atomic mass is 10.2. The molecule has 0 fully saturated rings. The number of hydrogen-bond donors (Lipinski definition) is 1. The molecule has 0 spiro atoms. The zero-order valence-electron chi connectivity index (χ0n) is 11.1. The summed E-state index contributed by atoms with van der Waals surface area (Å²) in [7, 11) is 0. The van der Waals surface area contributed by atoms with Crippen molar-refractivity contribution in [1.29, 1.82) is 0 Å². The fourth-order valence-electron chi connectivity index (χ4n) is 2.33. The fourth-order valence-corrected chi connectivity index (χ4v) is 3.62. The SMILES string of the molecule is Cc1cc2c(cc(C(=O)O)n2Cc2ccc(Cl)c(Cl)c2)s1. The van der Waals surface area contributed by atoms with E-state index in [0.717, 1.165) is 20.7 Å². The molecule has 0 atom stereocenters. The maximum atomic E-state index is 11.4. The molecule has 21 heavy (non-hydrogen) atoms. The summed E-state index contributed by atoms with van der Waals surface area (Å²) in [6, 6.07) is 9.06. The van der Waals surface area contributed by atoms with Gasteiger partial charge in [-0.2, -0.15) is 0 Å². The minimum absolute atomic E-state index is 0.280. The molecule has 1 aromatic carbocycles. The first-order valence-corrected chi connectivity index (χ1v) is 7.80. The number of aromatic nitrogens is 1. The third kappa shape index (κ3) is 2.67. The Bertz CT molecular complexity index is 851. The van der Waals surface area contributed by atoms with E-state index in [0.29, 0.717) is 16.6 Å². The molecule has 3 nitrogen and oxygen atoms in total. The molecular formula is C15H11Cl2NO2S. The lowest BCUT2D eigenvalue weighted by molar-refractivity contribution is 0.0686. The molecular weight excluding hydrogens is 329 g/mol. The number of benzene rings is 1. The summed E-state index contributed by atoms with van der Waals surface area (Å²) in [5, 5.41) is 10.3. The quantitative estimate of drug-likeness (QED) is 0.724. The van der Waals surface area contributed by atoms with E-state index in [1.54, 1.807) is 34.1 Å². The Kier molecular flexibility index (Phi) is 3.69. The lowest BCUT2D eigenvalue weighted by Crippen LogP contribution is -2.09. The molecule has 1 N–H and O–H groups in total. The first-order chi connectivity index (χ1) is 9.95. The van der Waals surface area contributed by atoms with Crippen LogP contribution in [-0.4, -0.2) is 15.6 Å². The van der Waals surface area contributed by atoms with Gasteiger partial charge in [-0.25, -0.2) is 4.79 Å². The van der Waals surface area contributed by atoms with Crippen LogP contribution in [0.1, 0.15) is 20.9 Å². The monoisotopic (exact) mass is 339 g/mol. The highest BCUT2D eigenvalue weighted by atomic mass is 35.5. The molecule has 3 rings (SSSR count). The predicted octanol–water partition coefficient (Wildman–Crippen LogP) is 5.06. The average Bonchev–Trinajstić information content (AvgIpc) is 2.92. The van der Waals surface area contributed by atoms with Crippen LogP contribution < -0.4 is 0 Å². The van der Waals surface area contributed by atoms with E-state index < -0.39 is 5.97 Å². The zero-order chi connectivity index (χ0) is 15.1. The van der Waals surface area contributed by atoms with Crippen molar-refractivity contribution in [3.05, 3.63) is 56.5 Å². The maximum Gasteiger partial charge on any atom is 0.352 e. The second-order valence-corrected chi connectivity index (χ2v) is 6.88. The number of halogens is 2. The van der Waals surface area contributed by atoms with Crippen LogP contribution in [0.4, 0.5) is 0 Å². The van der Waals surface area contributed by atoms with E-state index in [9.17, 15) is 9.90 Å². The van der Waals surface area contributed by atoms with Gasteiger partial charge in [-0.1, -0.05) is 29.3 Å². The van der Waals surface area contributed by atoms with Gasteiger partial charge in [-0.15, -0.1) is 11.3 Å². The van der Waals surface area contributed by atoms with E-state index in [1.165, 1.54) is 0 Å². The van der Waals surface area contributed by atoms with Gasteiger partial charge in [0, 0.05) is 11.4 Å². The minimum Gasteiger partial charge on any atom is -0.477 e. The van der Waals surface area contributed by atoms with Crippen LogP contribution in [0.25, 0.3) is 10.2 Å². The van der Waals surface area contributed by atoms with Crippen molar-refractivity contribution in [1.82, 2.24) is 4.57 Å². The lowest BCUT2D eigenvalue weighted by Gasteiger charge is -2.09. The van der Waals surface area contributed by atoms with Crippen molar-refractivity contribution in [2.24, 2.45) is 0 Å². The van der Waals surface area contributed by atoms with Crippen LogP contribution in [0.3, 0.4) is 0 Å². The normalized spacial score (nSPS) is 11.2. The number of carboxylic acid groups (broad SMARTS) is 1. The van der Waals surface area contributed by atoms with Crippen LogP contribution in [-0.2, 0) is 6.54 Å². The second-order valence-electron chi connectivity index (χ2n) is 4.78. The van der Waals surface area contributed by atoms with Gasteiger partial charge in [0.25, 0.3) is 0 Å². The molecule has 0 aliphatic carbocycles. The standard InChI is InChI=1S/C15H11Cl2NO2S/c1-8-4-12-14(21-8)6-13(15(19)20)18(12)7-9-2-3-10(16)11(17)5-9/h2-6H,7H2,1H3,(H,19,20). The summed E-state index contributed by atoms with van der Waals surface area (Å²) in [5.74, 6) is -0.934. The number of hydrogen-bond acceptors (Lipinski definition) is 2. The van der Waals surface area contributed by atoms with E-state index in [-0.39, 0.29) is 5.69 Å². The van der Waals surface area contributed by atoms with Gasteiger partial charge in [0.15, 0.2) is 0 Å². The van der Waals surface area contributed by atoms with Crippen molar-refractivity contribution >= 4 is 50.7 Å². The van der Waals surface area contributed by atoms with Gasteiger partial charge >= 0.3 is 5.97 Å². The summed E-state index contributed by atoms with van der Waals surface area (Å²) in [5.41, 5.74) is 2.12. The Balaban J connectivity index is 2.11. The minimum atomic E-state index is -0.934. The van der Waals surface area contributed by atoms with Gasteiger partial charge in [-0.3, -0.25) is 0 Å². The van der Waals surface area contributed by atoms with E-state index in [4.69, 9.17) is 23.2 Å². The van der Waals surface area contributed by atoms with Crippen LogP contribution in [0.15, 0.2) is 30.3 Å². The van der Waals surface area contributed by atoms with Gasteiger partial charge in [0.2, 0.25) is 0 Å². The number of fused-ring (bicyclic) bond motifs is 1. The topological polar surface area (TPSA) is 42.2 Å². The van der Waals surface area contributed by atoms with Crippen molar-refractivity contribution in [3.8, 4) is 0 Å². The number of carbonyl (C=O) groups is 1. The van der Waals surface area contributed by atoms with Crippen LogP contribution in [0.5, 0.6) is 0 Å². The Morgan fingerprint density at radius 2 is 2.00 bits per heavy atom. The number of aromatic carboxylic acids is 1. The Labute approximate surface area is 135 Å². The summed E-state index contributed by atoms with van der Waals surface area (Å²) in [4.78, 5) is 12.6. The Morgan fingerprint density at radius 1 is 1.24 bits per heavy atom. The van der Waals surface area contributed by atoms with Crippen LogP contribution in [0, 0.1) is 6.92 Å². The highest BCUT2D eigenvalue weighted by Gasteiger charge is 2.16. The summed E-state index contributed by atoms with van der Waals surface area (Å²) < 4.78 is 2.77. The van der Waals surface area contributed by atoms with Crippen LogP contribution >= 0.6 is 34.5 Å². The van der Waals surface area contributed by atoms with E-state index in [2.05, 4.69) is 0 Å². The van der Waals surface area contributed by atoms with Crippen molar-refractivity contribution in [2.45, 2.75) is 13.5 Å². The summed E-state index contributed by atoms with van der Waals surface area (Å²) >= 11 is 13.5. The van der Waals surface area contributed by atoms with Gasteiger partial charge < -0.3 is 9.67 Å². The smallest absolute Gasteiger partial charge is 0.352 e. The molecule has 0 aliphatic rings. The largest absolute Gasteiger partial charge is 0.477 e. The predicted molar refractivity (Wildman–Crippen MR) is 87.1 cm³/mol. The van der Waals surface area contributed by atoms with Gasteiger partial charge in [-0.05, 0) is 36.8 Å². The maximum absolute atomic E-state index is 11.4. The highest BCUT2D eigenvalue weighted by molar-refractivity contribution is 7.19. The molecule has 0 bridgehead atoms. The Morgan fingerprint density at radius 3 is 2.67 bits per heavy atom. The average molecular weight is 340 g/mol. The second kappa shape index (κ2) is 5.37. The molecule has 0 amide bonds. The van der Waals surface area contributed by atoms with Crippen molar-refractivity contribution in [2.75, 3.05) is 0 Å². The van der Waals surface area contributed by atoms with Crippen molar-refractivity contribution < 1.29 is 9.90 Å². The molecule has 0 radical (unpaired) electrons. The fraction of sp³-hybridized carbons (Fsp3) is 0.133. The molecule has 0 saturated heterocycles. The van der Waals surface area contributed by atoms with Gasteiger partial charge in [0.1, 0.15) is 5.69 Å². The van der Waals surface area contributed by atoms with E-state index >= 15 is 0 Å². The number of carboxylic acids is 1. The molecule has 0 saturated carbocycles. The molecule has 2 heterocycles. The molecule has 108 valence electrons. The Hall–Kier alpha value is -1.49. The first kappa shape index (κ1) is 14.4. The zero-order valence-corrected chi connectivity index (χ0v) is 13.4. The third-order valence-electron chi connectivity index (χ3n) is 3.26. The molecule has 2 aromatic heterocycles. The molecule has 0 aliphatic heterocycles. The molecule has 6 heteroatoms. The van der Waals surface area contributed by atoms with E-state index in [1.807, 2.05) is 19.1 Å². The summed E-state index contributed by atoms with van der Waals surface area (Å²) in [6.45, 7) is 2.45. The van der Waals surface area contributed by atoms with Crippen molar-refractivity contribution in [3.63, 3.8) is 0 Å². The van der Waals surface area contributed by atoms with Crippen LogP contribution in [0.2, 0.25) is 10.0 Å². The number of nitrogens with zero attached hydrogens (tertiary/aromatic N) is 1. The third-order valence-corrected chi connectivity index (χ3v) is 4.98. The number of thiophene rings is 1. The van der Waals surface area contributed by atoms with Gasteiger partial charge in [0.05, 0.1) is 20.3 Å². The molecule has 3 aromatic rings. The number of aryl methyl sites for hydroxylation is 1. The summed E-state index contributed by atoms with van der Waals surface area (Å²) in [6.07, 6.45) is 0.